The molecule has 0 bridgehead atoms. The zero-order valence-electron chi connectivity index (χ0n) is 15.3. The Morgan fingerprint density at radius 1 is 0.810 bits per heavy atom. The Balaban J connectivity index is 0. The van der Waals surface area contributed by atoms with Gasteiger partial charge in [-0.3, -0.25) is 4.48 Å². The molecule has 0 aromatic rings. The van der Waals surface area contributed by atoms with Gasteiger partial charge in [-0.05, 0) is 12.8 Å². The third kappa shape index (κ3) is 11.0. The fraction of sp³-hybridized carbons (Fsp3) is 0.941. The SMILES string of the molecule is CCCCCCN(CCCCCC)C(=NC)[N+](C)(C)C.[Cl-]. The van der Waals surface area contributed by atoms with Gasteiger partial charge >= 0.3 is 0 Å². The molecule has 0 atom stereocenters. The zero-order chi connectivity index (χ0) is 15.4. The highest BCUT2D eigenvalue weighted by Gasteiger charge is 2.24. The molecule has 4 heteroatoms. The zero-order valence-corrected chi connectivity index (χ0v) is 16.0. The van der Waals surface area contributed by atoms with Crippen molar-refractivity contribution in [1.82, 2.24) is 4.90 Å². The van der Waals surface area contributed by atoms with Crippen molar-refractivity contribution in [2.45, 2.75) is 65.2 Å². The van der Waals surface area contributed by atoms with Crippen molar-refractivity contribution in [3.05, 3.63) is 0 Å². The Kier molecular flexibility index (Phi) is 14.7. The van der Waals surface area contributed by atoms with Crippen LogP contribution in [-0.4, -0.2) is 56.6 Å². The summed E-state index contributed by atoms with van der Waals surface area (Å²) >= 11 is 0. The highest BCUT2D eigenvalue weighted by molar-refractivity contribution is 5.72. The topological polar surface area (TPSA) is 15.6 Å². The summed E-state index contributed by atoms with van der Waals surface area (Å²) in [6.07, 6.45) is 10.6. The van der Waals surface area contributed by atoms with Gasteiger partial charge in [0, 0.05) is 20.1 Å². The summed E-state index contributed by atoms with van der Waals surface area (Å²) in [5.74, 6) is 1.22. The second-order valence-electron chi connectivity index (χ2n) is 6.64. The summed E-state index contributed by atoms with van der Waals surface area (Å²) in [6, 6.07) is 0. The van der Waals surface area contributed by atoms with Crippen LogP contribution in [0.5, 0.6) is 0 Å². The average molecular weight is 320 g/mol. The molecule has 21 heavy (non-hydrogen) atoms. The second-order valence-corrected chi connectivity index (χ2v) is 6.64. The van der Waals surface area contributed by atoms with Crippen LogP contribution < -0.4 is 12.4 Å². The van der Waals surface area contributed by atoms with Crippen LogP contribution in [0.15, 0.2) is 4.99 Å². The predicted molar refractivity (Wildman–Crippen MR) is 91.2 cm³/mol. The number of hydrogen-bond donors (Lipinski definition) is 0. The van der Waals surface area contributed by atoms with Crippen LogP contribution in [0.1, 0.15) is 65.2 Å². The van der Waals surface area contributed by atoms with E-state index in [1.165, 1.54) is 57.3 Å². The Bertz CT molecular complexity index is 247. The van der Waals surface area contributed by atoms with E-state index in [2.05, 4.69) is 44.9 Å². The first-order valence-electron chi connectivity index (χ1n) is 8.51. The molecule has 0 aliphatic carbocycles. The number of nitrogens with zero attached hydrogens (tertiary/aromatic N) is 3. The Labute approximate surface area is 139 Å². The molecule has 0 rings (SSSR count). The molecule has 0 radical (unpaired) electrons. The van der Waals surface area contributed by atoms with Crippen molar-refractivity contribution < 1.29 is 16.9 Å². The Morgan fingerprint density at radius 2 is 1.24 bits per heavy atom. The summed E-state index contributed by atoms with van der Waals surface area (Å²) in [4.78, 5) is 7.09. The van der Waals surface area contributed by atoms with Crippen molar-refractivity contribution >= 4 is 5.96 Å². The van der Waals surface area contributed by atoms with E-state index in [-0.39, 0.29) is 12.4 Å². The number of quaternary nitrogens is 1. The maximum Gasteiger partial charge on any atom is 0.299 e. The predicted octanol–water partition coefficient (Wildman–Crippen LogP) is 1.15. The largest absolute Gasteiger partial charge is 1.00 e. The molecule has 0 unspecified atom stereocenters. The van der Waals surface area contributed by atoms with Gasteiger partial charge in [0.15, 0.2) is 0 Å². The maximum atomic E-state index is 4.57. The van der Waals surface area contributed by atoms with Gasteiger partial charge < -0.3 is 17.3 Å². The van der Waals surface area contributed by atoms with Gasteiger partial charge in [-0.1, -0.05) is 52.4 Å². The molecule has 0 aliphatic heterocycles. The lowest BCUT2D eigenvalue weighted by atomic mass is 10.1. The van der Waals surface area contributed by atoms with E-state index in [1.807, 2.05) is 7.05 Å². The van der Waals surface area contributed by atoms with E-state index in [9.17, 15) is 0 Å². The van der Waals surface area contributed by atoms with Gasteiger partial charge in [0.1, 0.15) is 0 Å². The molecule has 0 aromatic carbocycles. The van der Waals surface area contributed by atoms with Crippen molar-refractivity contribution in [2.75, 3.05) is 41.3 Å². The molecule has 128 valence electrons. The average Bonchev–Trinajstić information content (AvgIpc) is 2.38. The summed E-state index contributed by atoms with van der Waals surface area (Å²) in [6.45, 7) is 6.86. The minimum atomic E-state index is 0. The summed E-state index contributed by atoms with van der Waals surface area (Å²) in [5, 5.41) is 0. The molecule has 0 aliphatic rings. The lowest BCUT2D eigenvalue weighted by molar-refractivity contribution is -0.783. The number of halogens is 1. The van der Waals surface area contributed by atoms with Gasteiger partial charge in [0.05, 0.1) is 21.1 Å². The van der Waals surface area contributed by atoms with E-state index < -0.39 is 0 Å². The molecule has 3 nitrogen and oxygen atoms in total. The quantitative estimate of drug-likeness (QED) is 0.255. The summed E-state index contributed by atoms with van der Waals surface area (Å²) < 4.78 is 0.818. The van der Waals surface area contributed by atoms with E-state index in [0.29, 0.717) is 0 Å². The molecule has 0 amide bonds. The van der Waals surface area contributed by atoms with Crippen molar-refractivity contribution in [1.29, 1.82) is 0 Å². The lowest BCUT2D eigenvalue weighted by Crippen LogP contribution is -3.00. The molecule has 0 aromatic heterocycles. The number of aliphatic imine (C=N–C) groups is 1. The molecule has 0 spiro atoms. The maximum absolute atomic E-state index is 4.57. The normalized spacial score (nSPS) is 12.2. The first kappa shape index (κ1) is 23.0. The van der Waals surface area contributed by atoms with E-state index in [4.69, 9.17) is 0 Å². The van der Waals surface area contributed by atoms with Crippen molar-refractivity contribution in [3.63, 3.8) is 0 Å². The van der Waals surface area contributed by atoms with Crippen LogP contribution in [0.25, 0.3) is 0 Å². The second kappa shape index (κ2) is 13.4. The molecule has 0 N–H and O–H groups in total. The Morgan fingerprint density at radius 3 is 1.52 bits per heavy atom. The molecule has 0 saturated carbocycles. The van der Waals surface area contributed by atoms with Crippen LogP contribution in [-0.2, 0) is 0 Å². The molecule has 0 fully saturated rings. The van der Waals surface area contributed by atoms with Crippen LogP contribution >= 0.6 is 0 Å². The monoisotopic (exact) mass is 319 g/mol. The van der Waals surface area contributed by atoms with Crippen molar-refractivity contribution in [2.24, 2.45) is 4.99 Å². The summed E-state index contributed by atoms with van der Waals surface area (Å²) in [5.41, 5.74) is 0. The third-order valence-corrected chi connectivity index (χ3v) is 3.65. The van der Waals surface area contributed by atoms with Crippen molar-refractivity contribution in [3.8, 4) is 0 Å². The first-order chi connectivity index (χ1) is 9.47. The number of hydrogen-bond acceptors (Lipinski definition) is 1. The summed E-state index contributed by atoms with van der Waals surface area (Å²) in [7, 11) is 8.58. The van der Waals surface area contributed by atoms with Crippen LogP contribution in [0.2, 0.25) is 0 Å². The van der Waals surface area contributed by atoms with Gasteiger partial charge in [-0.2, -0.15) is 0 Å². The standard InChI is InChI=1S/C17H38N3.ClH/c1-7-9-11-13-15-19(16-14-12-10-8-2)17(18-3)20(4,5)6;/h7-16H2,1-6H3;1H/q+1;/p-1. The van der Waals surface area contributed by atoms with Crippen LogP contribution in [0.4, 0.5) is 0 Å². The molecular formula is C17H38ClN3. The third-order valence-electron chi connectivity index (χ3n) is 3.65. The Hall–Kier alpha value is -0.280. The molecular weight excluding hydrogens is 282 g/mol. The minimum absolute atomic E-state index is 0. The van der Waals surface area contributed by atoms with Gasteiger partial charge in [-0.25, -0.2) is 4.99 Å². The number of rotatable bonds is 10. The minimum Gasteiger partial charge on any atom is -1.00 e. The van der Waals surface area contributed by atoms with Gasteiger partial charge in [0.25, 0.3) is 5.96 Å². The lowest BCUT2D eigenvalue weighted by Gasteiger charge is -2.33. The van der Waals surface area contributed by atoms with Gasteiger partial charge in [-0.15, -0.1) is 0 Å². The van der Waals surface area contributed by atoms with E-state index in [1.54, 1.807) is 0 Å². The van der Waals surface area contributed by atoms with E-state index >= 15 is 0 Å². The highest BCUT2D eigenvalue weighted by Crippen LogP contribution is 2.09. The van der Waals surface area contributed by atoms with Gasteiger partial charge in [0.2, 0.25) is 0 Å². The number of guanidine groups is 1. The molecule has 0 heterocycles. The van der Waals surface area contributed by atoms with Crippen LogP contribution in [0, 0.1) is 0 Å². The highest BCUT2D eigenvalue weighted by atomic mass is 35.5. The fourth-order valence-corrected chi connectivity index (χ4v) is 2.64. The van der Waals surface area contributed by atoms with E-state index in [0.717, 1.165) is 17.6 Å². The fourth-order valence-electron chi connectivity index (χ4n) is 2.64. The molecule has 0 saturated heterocycles. The number of unbranched alkanes of at least 4 members (excludes halogenated alkanes) is 6. The van der Waals surface area contributed by atoms with Crippen LogP contribution in [0.3, 0.4) is 0 Å². The first-order valence-corrected chi connectivity index (χ1v) is 8.51. The smallest absolute Gasteiger partial charge is 0.299 e.